The number of aryl methyl sites for hydroxylation is 1. The first kappa shape index (κ1) is 25.7. The highest BCUT2D eigenvalue weighted by atomic mass is 32.1. The first-order valence-electron chi connectivity index (χ1n) is 11.3. The first-order chi connectivity index (χ1) is 16.3. The molecule has 0 aliphatic heterocycles. The molecule has 3 aromatic rings. The molecular formula is C24H34N8OS. The van der Waals surface area contributed by atoms with E-state index in [0.717, 1.165) is 46.9 Å². The number of hydrogen-bond acceptors (Lipinski definition) is 9. The molecule has 9 nitrogen and oxygen atoms in total. The van der Waals surface area contributed by atoms with Gasteiger partial charge < -0.3 is 10.7 Å². The Labute approximate surface area is 205 Å². The van der Waals surface area contributed by atoms with Gasteiger partial charge in [-0.1, -0.05) is 32.9 Å². The van der Waals surface area contributed by atoms with Crippen molar-refractivity contribution in [1.29, 1.82) is 0 Å². The standard InChI is InChI=1S/C24H34N8OS/c1-16-11-17(19-12-21(29-15-28-19)32-31-10-6-9-30-25-5)7-8-18(16)13-26-22(33)20-14-27-23(34-20)24(2,3)4/h7-8,11-12,14-15,25,30-31H,6,9-10,13H2,1-5H3,(H,26,33)(H,28,29,32). The molecule has 2 heterocycles. The van der Waals surface area contributed by atoms with Crippen molar-refractivity contribution in [3.8, 4) is 11.3 Å². The van der Waals surface area contributed by atoms with E-state index in [0.29, 0.717) is 17.2 Å². The molecule has 10 heteroatoms. The molecule has 0 saturated carbocycles. The first-order valence-corrected chi connectivity index (χ1v) is 12.1. The van der Waals surface area contributed by atoms with Gasteiger partial charge in [0.15, 0.2) is 0 Å². The van der Waals surface area contributed by atoms with Crippen molar-refractivity contribution in [3.05, 3.63) is 57.8 Å². The molecule has 3 rings (SSSR count). The number of hydrogen-bond donors (Lipinski definition) is 5. The number of amides is 1. The summed E-state index contributed by atoms with van der Waals surface area (Å²) >= 11 is 1.44. The zero-order chi connectivity index (χ0) is 24.6. The van der Waals surface area contributed by atoms with Crippen LogP contribution in [0.4, 0.5) is 5.82 Å². The summed E-state index contributed by atoms with van der Waals surface area (Å²) in [6, 6.07) is 8.03. The zero-order valence-corrected chi connectivity index (χ0v) is 21.3. The highest BCUT2D eigenvalue weighted by Gasteiger charge is 2.20. The molecule has 0 spiro atoms. The molecule has 1 amide bonds. The third kappa shape index (κ3) is 7.29. The summed E-state index contributed by atoms with van der Waals surface area (Å²) in [6.45, 7) is 10.4. The predicted molar refractivity (Wildman–Crippen MR) is 137 cm³/mol. The van der Waals surface area contributed by atoms with Gasteiger partial charge in [0.1, 0.15) is 17.0 Å². The van der Waals surface area contributed by atoms with E-state index in [1.807, 2.05) is 32.2 Å². The average molecular weight is 483 g/mol. The number of benzene rings is 1. The van der Waals surface area contributed by atoms with Gasteiger partial charge in [0, 0.05) is 36.7 Å². The van der Waals surface area contributed by atoms with Crippen molar-refractivity contribution < 1.29 is 4.79 Å². The lowest BCUT2D eigenvalue weighted by atomic mass is 9.98. The summed E-state index contributed by atoms with van der Waals surface area (Å²) in [5.41, 5.74) is 16.1. The molecule has 0 bridgehead atoms. The van der Waals surface area contributed by atoms with Crippen LogP contribution >= 0.6 is 11.3 Å². The second-order valence-corrected chi connectivity index (χ2v) is 10.0. The smallest absolute Gasteiger partial charge is 0.263 e. The quantitative estimate of drug-likeness (QED) is 0.209. The lowest BCUT2D eigenvalue weighted by Gasteiger charge is -2.13. The second kappa shape index (κ2) is 12.0. The van der Waals surface area contributed by atoms with E-state index in [1.54, 1.807) is 12.5 Å². The van der Waals surface area contributed by atoms with Crippen LogP contribution in [-0.4, -0.2) is 41.0 Å². The van der Waals surface area contributed by atoms with Crippen molar-refractivity contribution in [3.63, 3.8) is 0 Å². The fourth-order valence-electron chi connectivity index (χ4n) is 3.17. The lowest BCUT2D eigenvalue weighted by molar-refractivity contribution is 0.0954. The average Bonchev–Trinajstić information content (AvgIpc) is 3.32. The number of aromatic nitrogens is 3. The van der Waals surface area contributed by atoms with Gasteiger partial charge in [-0.25, -0.2) is 20.4 Å². The summed E-state index contributed by atoms with van der Waals surface area (Å²) in [7, 11) is 1.85. The summed E-state index contributed by atoms with van der Waals surface area (Å²) in [5, 5.41) is 3.97. The van der Waals surface area contributed by atoms with Crippen molar-refractivity contribution in [2.75, 3.05) is 25.6 Å². The number of hydrazine groups is 2. The summed E-state index contributed by atoms with van der Waals surface area (Å²) < 4.78 is 0. The maximum Gasteiger partial charge on any atom is 0.263 e. The minimum absolute atomic E-state index is 0.0636. The number of nitrogens with one attached hydrogen (secondary N) is 5. The highest BCUT2D eigenvalue weighted by molar-refractivity contribution is 7.13. The van der Waals surface area contributed by atoms with Crippen LogP contribution in [0.25, 0.3) is 11.3 Å². The van der Waals surface area contributed by atoms with E-state index in [9.17, 15) is 4.79 Å². The Bertz CT molecular complexity index is 1090. The van der Waals surface area contributed by atoms with Gasteiger partial charge in [0.05, 0.1) is 16.9 Å². The third-order valence-corrected chi connectivity index (χ3v) is 6.53. The van der Waals surface area contributed by atoms with E-state index in [2.05, 4.69) is 68.8 Å². The van der Waals surface area contributed by atoms with Gasteiger partial charge in [0.2, 0.25) is 0 Å². The zero-order valence-electron chi connectivity index (χ0n) is 20.5. The molecule has 34 heavy (non-hydrogen) atoms. The minimum atomic E-state index is -0.0998. The normalized spacial score (nSPS) is 11.4. The maximum absolute atomic E-state index is 12.6. The van der Waals surface area contributed by atoms with Crippen LogP contribution in [0.2, 0.25) is 0 Å². The molecule has 0 radical (unpaired) electrons. The monoisotopic (exact) mass is 482 g/mol. The highest BCUT2D eigenvalue weighted by Crippen LogP contribution is 2.27. The largest absolute Gasteiger partial charge is 0.347 e. The van der Waals surface area contributed by atoms with Crippen LogP contribution in [0, 0.1) is 6.92 Å². The van der Waals surface area contributed by atoms with Gasteiger partial charge in [-0.05, 0) is 37.6 Å². The number of thiazole rings is 1. The molecule has 2 aromatic heterocycles. The van der Waals surface area contributed by atoms with E-state index in [-0.39, 0.29) is 11.3 Å². The summed E-state index contributed by atoms with van der Waals surface area (Å²) in [4.78, 5) is 26.3. The van der Waals surface area contributed by atoms with E-state index >= 15 is 0 Å². The Kier molecular flexibility index (Phi) is 9.05. The maximum atomic E-state index is 12.6. The van der Waals surface area contributed by atoms with Crippen LogP contribution in [0.5, 0.6) is 0 Å². The van der Waals surface area contributed by atoms with Crippen LogP contribution < -0.4 is 27.0 Å². The molecule has 0 atom stereocenters. The molecule has 0 saturated heterocycles. The molecule has 182 valence electrons. The van der Waals surface area contributed by atoms with Crippen molar-refractivity contribution in [2.24, 2.45) is 0 Å². The van der Waals surface area contributed by atoms with Crippen LogP contribution in [-0.2, 0) is 12.0 Å². The second-order valence-electron chi connectivity index (χ2n) is 8.97. The van der Waals surface area contributed by atoms with Gasteiger partial charge in [-0.3, -0.25) is 15.6 Å². The van der Waals surface area contributed by atoms with Gasteiger partial charge in [0.25, 0.3) is 5.91 Å². The number of rotatable bonds is 11. The number of carbonyl (C=O) groups is 1. The predicted octanol–water partition coefficient (Wildman–Crippen LogP) is 3.17. The number of anilines is 1. The van der Waals surface area contributed by atoms with Crippen LogP contribution in [0.3, 0.4) is 0 Å². The Morgan fingerprint density at radius 1 is 1.06 bits per heavy atom. The van der Waals surface area contributed by atoms with Crippen molar-refractivity contribution in [1.82, 2.24) is 36.5 Å². The Hall–Kier alpha value is -2.92. The van der Waals surface area contributed by atoms with E-state index in [1.165, 1.54) is 11.3 Å². The van der Waals surface area contributed by atoms with Crippen LogP contribution in [0.1, 0.15) is 53.0 Å². The summed E-state index contributed by atoms with van der Waals surface area (Å²) in [6.07, 6.45) is 4.17. The molecule has 0 aliphatic rings. The van der Waals surface area contributed by atoms with Crippen molar-refractivity contribution >= 4 is 23.1 Å². The fraction of sp³-hybridized carbons (Fsp3) is 0.417. The SMILES string of the molecule is CNNCCCNNc1cc(-c2ccc(CNC(=O)c3cnc(C(C)(C)C)s3)c(C)c2)ncn1. The van der Waals surface area contributed by atoms with Gasteiger partial charge in [-0.15, -0.1) is 11.3 Å². The Balaban J connectivity index is 1.57. The number of nitrogens with zero attached hydrogens (tertiary/aromatic N) is 3. The minimum Gasteiger partial charge on any atom is -0.347 e. The lowest BCUT2D eigenvalue weighted by Crippen LogP contribution is -2.31. The van der Waals surface area contributed by atoms with E-state index in [4.69, 9.17) is 0 Å². The fourth-order valence-corrected chi connectivity index (χ4v) is 4.06. The topological polar surface area (TPSA) is 116 Å². The molecule has 1 aromatic carbocycles. The van der Waals surface area contributed by atoms with Crippen molar-refractivity contribution in [2.45, 2.75) is 46.1 Å². The Morgan fingerprint density at radius 3 is 2.56 bits per heavy atom. The number of carbonyl (C=O) groups excluding carboxylic acids is 1. The molecule has 5 N–H and O–H groups in total. The van der Waals surface area contributed by atoms with Gasteiger partial charge in [-0.2, -0.15) is 0 Å². The Morgan fingerprint density at radius 2 is 1.85 bits per heavy atom. The molecule has 0 unspecified atom stereocenters. The molecule has 0 aliphatic carbocycles. The van der Waals surface area contributed by atoms with Gasteiger partial charge >= 0.3 is 0 Å². The molecule has 0 fully saturated rings. The molecular weight excluding hydrogens is 448 g/mol. The summed E-state index contributed by atoms with van der Waals surface area (Å²) in [5.74, 6) is 0.608. The van der Waals surface area contributed by atoms with Crippen LogP contribution in [0.15, 0.2) is 36.8 Å². The third-order valence-electron chi connectivity index (χ3n) is 5.11. The van der Waals surface area contributed by atoms with E-state index < -0.39 is 0 Å².